The van der Waals surface area contributed by atoms with Crippen molar-refractivity contribution in [1.82, 2.24) is 0 Å². The molecule has 220 valence electrons. The first-order valence-electron chi connectivity index (χ1n) is 14.0. The van der Waals surface area contributed by atoms with E-state index in [-0.39, 0.29) is 12.1 Å². The lowest BCUT2D eigenvalue weighted by Crippen LogP contribution is -2.44. The van der Waals surface area contributed by atoms with E-state index >= 15 is 0 Å². The zero-order valence-electron chi connectivity index (χ0n) is 23.4. The van der Waals surface area contributed by atoms with Gasteiger partial charge in [-0.05, 0) is 58.1 Å². The number of fused-ring (bicyclic) bond motifs is 1. The quantitative estimate of drug-likeness (QED) is 0.161. The topological polar surface area (TPSA) is 93.8 Å². The van der Waals surface area contributed by atoms with Crippen LogP contribution in [0.5, 0.6) is 0 Å². The smallest absolute Gasteiger partial charge is 0.327 e. The van der Waals surface area contributed by atoms with Crippen LogP contribution in [0, 0.1) is 5.82 Å². The van der Waals surface area contributed by atoms with Crippen LogP contribution in [0.2, 0.25) is 0 Å². The first-order valence-corrected chi connectivity index (χ1v) is 15.0. The van der Waals surface area contributed by atoms with Crippen molar-refractivity contribution in [2.24, 2.45) is 0 Å². The Labute approximate surface area is 256 Å². The van der Waals surface area contributed by atoms with Gasteiger partial charge in [-0.1, -0.05) is 97.1 Å². The van der Waals surface area contributed by atoms with Gasteiger partial charge < -0.3 is 14.1 Å². The van der Waals surface area contributed by atoms with Crippen LogP contribution in [0.1, 0.15) is 16.9 Å². The highest BCUT2D eigenvalue weighted by Gasteiger charge is 2.28. The Morgan fingerprint density at radius 2 is 1.41 bits per heavy atom. The lowest BCUT2D eigenvalue weighted by Gasteiger charge is -2.32. The molecule has 0 spiro atoms. The van der Waals surface area contributed by atoms with Crippen molar-refractivity contribution in [2.45, 2.75) is 18.9 Å². The maximum atomic E-state index is 13.7. The molecule has 6 aromatic rings. The molecule has 1 N–H and O–H groups in total. The number of hydrogen-bond donors (Lipinski definition) is 1. The molecular weight excluding hydrogens is 577 g/mol. The first-order chi connectivity index (χ1) is 21.4. The number of carboxylic acid groups (broad SMARTS) is 1. The van der Waals surface area contributed by atoms with Gasteiger partial charge in [0.05, 0.1) is 0 Å². The van der Waals surface area contributed by atoms with Crippen molar-refractivity contribution >= 4 is 33.9 Å². The summed E-state index contributed by atoms with van der Waals surface area (Å²) < 4.78 is 45.2. The molecular formula is C36H27FNO5S-. The zero-order chi connectivity index (χ0) is 30.6. The van der Waals surface area contributed by atoms with E-state index in [0.717, 1.165) is 48.9 Å². The van der Waals surface area contributed by atoms with Gasteiger partial charge in [0.15, 0.2) is 0 Å². The molecule has 44 heavy (non-hydrogen) atoms. The van der Waals surface area contributed by atoms with E-state index in [1.54, 1.807) is 30.3 Å². The zero-order valence-corrected chi connectivity index (χ0v) is 24.2. The Kier molecular flexibility index (Phi) is 8.36. The van der Waals surface area contributed by atoms with E-state index in [2.05, 4.69) is 18.2 Å². The molecule has 8 heteroatoms. The van der Waals surface area contributed by atoms with Gasteiger partial charge in [0.25, 0.3) is 0 Å². The van der Waals surface area contributed by atoms with Crippen molar-refractivity contribution in [1.29, 1.82) is 0 Å². The predicted molar refractivity (Wildman–Crippen MR) is 169 cm³/mol. The number of anilines is 1. The van der Waals surface area contributed by atoms with Crippen molar-refractivity contribution < 1.29 is 27.5 Å². The number of carboxylic acids is 1. The predicted octanol–water partition coefficient (Wildman–Crippen LogP) is 7.79. The normalized spacial score (nSPS) is 12.6. The fourth-order valence-electron chi connectivity index (χ4n) is 5.48. The number of para-hydroxylation sites is 1. The van der Waals surface area contributed by atoms with Gasteiger partial charge in [-0.3, -0.25) is 8.51 Å². The summed E-state index contributed by atoms with van der Waals surface area (Å²) in [6, 6.07) is 36.9. The summed E-state index contributed by atoms with van der Waals surface area (Å²) >= 11 is -2.88. The molecule has 1 aromatic heterocycles. The van der Waals surface area contributed by atoms with Gasteiger partial charge >= 0.3 is 5.97 Å². The SMILES string of the molecule is O=C(O)C(Cc1cccc(F)c1)N(c1ccc(-c2ccc(-c3c(Cc4ccccc4)oc4ccccc34)cc2)cc1)S(=O)[O-]. The van der Waals surface area contributed by atoms with Crippen molar-refractivity contribution in [3.8, 4) is 22.3 Å². The van der Waals surface area contributed by atoms with E-state index in [1.165, 1.54) is 18.2 Å². The number of halogens is 1. The second-order valence-corrected chi connectivity index (χ2v) is 11.2. The summed E-state index contributed by atoms with van der Waals surface area (Å²) in [5.74, 6) is -0.979. The average molecular weight is 605 g/mol. The fraction of sp³-hybridized carbons (Fsp3) is 0.0833. The van der Waals surface area contributed by atoms with Crippen LogP contribution in [0.25, 0.3) is 33.2 Å². The van der Waals surface area contributed by atoms with Gasteiger partial charge in [-0.2, -0.15) is 0 Å². The Morgan fingerprint density at radius 3 is 2.07 bits per heavy atom. The molecule has 2 atom stereocenters. The monoisotopic (exact) mass is 604 g/mol. The van der Waals surface area contributed by atoms with Gasteiger partial charge in [-0.15, -0.1) is 0 Å². The lowest BCUT2D eigenvalue weighted by molar-refractivity contribution is -0.138. The second kappa shape index (κ2) is 12.7. The Hall–Kier alpha value is -5.05. The summed E-state index contributed by atoms with van der Waals surface area (Å²) in [6.45, 7) is 0. The molecule has 0 saturated carbocycles. The van der Waals surface area contributed by atoms with Gasteiger partial charge in [0, 0.05) is 40.7 Å². The molecule has 0 aliphatic heterocycles. The number of rotatable bonds is 10. The molecule has 0 radical (unpaired) electrons. The minimum Gasteiger partial charge on any atom is -0.755 e. The Balaban J connectivity index is 1.28. The maximum Gasteiger partial charge on any atom is 0.327 e. The van der Waals surface area contributed by atoms with Crippen LogP contribution in [0.3, 0.4) is 0 Å². The number of carbonyl (C=O) groups is 1. The molecule has 0 aliphatic rings. The largest absolute Gasteiger partial charge is 0.755 e. The molecule has 1 heterocycles. The van der Waals surface area contributed by atoms with Crippen molar-refractivity contribution in [3.63, 3.8) is 0 Å². The molecule has 6 rings (SSSR count). The molecule has 5 aromatic carbocycles. The molecule has 0 bridgehead atoms. The molecule has 0 amide bonds. The Morgan fingerprint density at radius 1 is 0.795 bits per heavy atom. The summed E-state index contributed by atoms with van der Waals surface area (Å²) in [5, 5.41) is 10.9. The third-order valence-electron chi connectivity index (χ3n) is 7.55. The lowest BCUT2D eigenvalue weighted by atomic mass is 9.96. The number of nitrogens with zero attached hydrogens (tertiary/aromatic N) is 1. The van der Waals surface area contributed by atoms with Crippen molar-refractivity contribution in [3.05, 3.63) is 150 Å². The summed E-state index contributed by atoms with van der Waals surface area (Å²) in [5.41, 5.74) is 6.33. The van der Waals surface area contributed by atoms with Crippen LogP contribution < -0.4 is 4.31 Å². The Bertz CT molecular complexity index is 1940. The van der Waals surface area contributed by atoms with E-state index in [9.17, 15) is 23.1 Å². The van der Waals surface area contributed by atoms with Crippen LogP contribution >= 0.6 is 0 Å². The van der Waals surface area contributed by atoms with Gasteiger partial charge in [-0.25, -0.2) is 9.18 Å². The number of furan rings is 1. The third kappa shape index (κ3) is 6.17. The summed E-state index contributed by atoms with van der Waals surface area (Å²) in [4.78, 5) is 12.1. The standard InChI is InChI=1S/C36H28FNO5S/c37-29-10-6-9-25(21-29)22-32(36(39)40)38(44(41)42)30-19-17-27(18-20-30)26-13-15-28(16-14-26)35-31-11-4-5-12-33(31)43-34(35)23-24-7-2-1-3-8-24/h1-21,32H,22-23H2,(H,39,40)(H,41,42)/p-1. The molecule has 6 nitrogen and oxygen atoms in total. The van der Waals surface area contributed by atoms with Crippen LogP contribution in [-0.2, 0) is 28.9 Å². The van der Waals surface area contributed by atoms with Crippen LogP contribution in [0.4, 0.5) is 10.1 Å². The highest BCUT2D eigenvalue weighted by Crippen LogP contribution is 2.37. The third-order valence-corrected chi connectivity index (χ3v) is 8.34. The number of benzene rings is 5. The maximum absolute atomic E-state index is 13.7. The van der Waals surface area contributed by atoms with Crippen molar-refractivity contribution in [2.75, 3.05) is 4.31 Å². The van der Waals surface area contributed by atoms with E-state index in [0.29, 0.717) is 12.0 Å². The molecule has 0 saturated heterocycles. The average Bonchev–Trinajstić information content (AvgIpc) is 3.39. The first kappa shape index (κ1) is 29.0. The molecule has 0 aliphatic carbocycles. The van der Waals surface area contributed by atoms with E-state index < -0.39 is 29.1 Å². The number of aliphatic carboxylic acids is 1. The minimum absolute atomic E-state index is 0.193. The highest BCUT2D eigenvalue weighted by atomic mass is 32.2. The summed E-state index contributed by atoms with van der Waals surface area (Å²) in [7, 11) is 0. The van der Waals surface area contributed by atoms with Crippen LogP contribution in [0.15, 0.2) is 132 Å². The minimum atomic E-state index is -2.88. The van der Waals surface area contributed by atoms with Gasteiger partial charge in [0.2, 0.25) is 0 Å². The second-order valence-electron chi connectivity index (χ2n) is 10.4. The number of hydrogen-bond acceptors (Lipinski definition) is 4. The summed E-state index contributed by atoms with van der Waals surface area (Å²) in [6.07, 6.45) is 0.460. The van der Waals surface area contributed by atoms with E-state index in [4.69, 9.17) is 4.42 Å². The fourth-order valence-corrected chi connectivity index (χ4v) is 6.14. The molecule has 2 unspecified atom stereocenters. The highest BCUT2D eigenvalue weighted by molar-refractivity contribution is 7.80. The molecule has 0 fully saturated rings. The van der Waals surface area contributed by atoms with Crippen LogP contribution in [-0.4, -0.2) is 25.9 Å². The van der Waals surface area contributed by atoms with E-state index in [1.807, 2.05) is 60.7 Å². The van der Waals surface area contributed by atoms with Gasteiger partial charge in [0.1, 0.15) is 23.2 Å².